The van der Waals surface area contributed by atoms with Gasteiger partial charge < -0.3 is 34.8 Å². The van der Waals surface area contributed by atoms with Crippen LogP contribution in [0.15, 0.2) is 72.8 Å². The maximum atomic E-state index is 11.9. The number of aromatic carboxylic acids is 1. The van der Waals surface area contributed by atoms with Crippen LogP contribution in [-0.2, 0) is 0 Å². The van der Waals surface area contributed by atoms with E-state index >= 15 is 0 Å². The largest absolute Gasteiger partial charge is 0.508 e. The van der Waals surface area contributed by atoms with Crippen LogP contribution in [0.2, 0.25) is 0 Å². The molecule has 0 spiro atoms. The van der Waals surface area contributed by atoms with E-state index in [1.54, 1.807) is 53.3 Å². The van der Waals surface area contributed by atoms with Crippen molar-refractivity contribution in [3.05, 3.63) is 89.5 Å². The summed E-state index contributed by atoms with van der Waals surface area (Å²) >= 11 is 18.8. The number of methoxy groups -OCH3 is 2. The van der Waals surface area contributed by atoms with E-state index in [-0.39, 0.29) is 39.1 Å². The molecule has 0 aliphatic carbocycles. The van der Waals surface area contributed by atoms with E-state index in [2.05, 4.69) is 66.4 Å². The Morgan fingerprint density at radius 1 is 0.745 bits per heavy atom. The molecule has 0 unspecified atom stereocenters. The van der Waals surface area contributed by atoms with E-state index in [4.69, 9.17) is 39.2 Å². The van der Waals surface area contributed by atoms with E-state index in [9.17, 15) is 23.9 Å². The van der Waals surface area contributed by atoms with E-state index in [1.807, 2.05) is 45.9 Å². The van der Waals surface area contributed by atoms with Gasteiger partial charge in [0.15, 0.2) is 0 Å². The molecule has 0 bridgehead atoms. The highest BCUT2D eigenvalue weighted by atomic mass is 79.9. The third-order valence-electron chi connectivity index (χ3n) is 6.33. The van der Waals surface area contributed by atoms with E-state index in [0.29, 0.717) is 35.7 Å². The number of carboxylic acid groups (broad SMARTS) is 1. The molecule has 0 atom stereocenters. The minimum absolute atomic E-state index is 0. The summed E-state index contributed by atoms with van der Waals surface area (Å²) in [6, 6.07) is 20.0. The smallest absolute Gasteiger partial charge is 0.369 e. The molecule has 3 rings (SSSR count). The Morgan fingerprint density at radius 2 is 1.05 bits per heavy atom. The summed E-state index contributed by atoms with van der Waals surface area (Å²) in [6.45, 7) is 17.0. The molecule has 10 nitrogen and oxygen atoms in total. The summed E-state index contributed by atoms with van der Waals surface area (Å²) in [4.78, 5) is 37.6. The second kappa shape index (κ2) is 42.6. The van der Waals surface area contributed by atoms with Crippen molar-refractivity contribution in [3.8, 4) is 17.2 Å². The van der Waals surface area contributed by atoms with Crippen LogP contribution in [-0.4, -0.2) is 107 Å². The van der Waals surface area contributed by atoms with Gasteiger partial charge >= 0.3 is 9.15 Å². The monoisotopic (exact) mass is 1010 g/mol. The second-order valence-electron chi connectivity index (χ2n) is 9.58. The van der Waals surface area contributed by atoms with Gasteiger partial charge in [0.05, 0.1) is 33.6 Å². The minimum atomic E-state index is -1.00. The third-order valence-corrected chi connectivity index (χ3v) is 6.33. The molecule has 3 N–H and O–H groups in total. The number of amides is 2. The fourth-order valence-electron chi connectivity index (χ4n) is 3.79. The summed E-state index contributed by atoms with van der Waals surface area (Å²) in [5.74, 6) is 0.481. The summed E-state index contributed by atoms with van der Waals surface area (Å²) < 4.78 is 25.7. The Labute approximate surface area is 365 Å². The zero-order valence-corrected chi connectivity index (χ0v) is 38.5. The van der Waals surface area contributed by atoms with Gasteiger partial charge in [0.2, 0.25) is 0 Å². The maximum Gasteiger partial charge on any atom is 0.369 e. The van der Waals surface area contributed by atoms with Crippen molar-refractivity contribution in [2.75, 3.05) is 66.0 Å². The summed E-state index contributed by atoms with van der Waals surface area (Å²) in [5.41, 5.74) is 1.45. The predicted octanol–water partition coefficient (Wildman–Crippen LogP) is 10.9. The van der Waals surface area contributed by atoms with Crippen molar-refractivity contribution in [1.29, 1.82) is 0 Å². The Kier molecular flexibility index (Phi) is 45.8. The summed E-state index contributed by atoms with van der Waals surface area (Å²) in [6.07, 6.45) is 0. The minimum Gasteiger partial charge on any atom is -0.508 e. The summed E-state index contributed by atoms with van der Waals surface area (Å²) in [7, 11) is 2.10. The lowest BCUT2D eigenvalue weighted by atomic mass is 10.2. The normalized spacial score (nSPS) is 8.95. The molecule has 17 heteroatoms. The van der Waals surface area contributed by atoms with Crippen molar-refractivity contribution in [2.45, 2.75) is 49.0 Å². The van der Waals surface area contributed by atoms with E-state index < -0.39 is 13.1 Å². The van der Waals surface area contributed by atoms with Crippen LogP contribution in [0.1, 0.15) is 81.4 Å². The van der Waals surface area contributed by atoms with E-state index in [1.165, 1.54) is 25.3 Å². The predicted molar refractivity (Wildman–Crippen MR) is 243 cm³/mol. The van der Waals surface area contributed by atoms with Gasteiger partial charge in [-0.1, -0.05) is 39.5 Å². The first kappa shape index (κ1) is 59.1. The lowest BCUT2D eigenvalue weighted by Gasteiger charge is -2.18. The number of ether oxygens (including phenoxy) is 2. The lowest BCUT2D eigenvalue weighted by molar-refractivity contribution is 0.0694. The van der Waals surface area contributed by atoms with Crippen LogP contribution in [0.25, 0.3) is 0 Å². The number of nitrogens with one attached hydrogen (secondary N) is 1. The number of halogens is 6. The molecule has 2 amide bonds. The van der Waals surface area contributed by atoms with Crippen LogP contribution >= 0.6 is 70.5 Å². The molecule has 0 saturated heterocycles. The Hall–Kier alpha value is -2.56. The highest BCUT2D eigenvalue weighted by molar-refractivity contribution is 9.69. The number of aromatic hydroxyl groups is 1. The molecule has 0 aliphatic rings. The molecule has 0 saturated carbocycles. The van der Waals surface area contributed by atoms with Gasteiger partial charge in [0.1, 0.15) is 17.2 Å². The summed E-state index contributed by atoms with van der Waals surface area (Å²) in [5, 5.41) is 21.1. The number of alkyl halides is 3. The zero-order chi connectivity index (χ0) is 43.2. The van der Waals surface area contributed by atoms with Crippen molar-refractivity contribution in [3.63, 3.8) is 0 Å². The number of benzene rings is 3. The average molecular weight is 1010 g/mol. The molecular weight excluding hydrogens is 951 g/mol. The van der Waals surface area contributed by atoms with Crippen molar-refractivity contribution < 1.29 is 39.8 Å². The fourth-order valence-corrected chi connectivity index (χ4v) is 3.79. The van der Waals surface area contributed by atoms with Gasteiger partial charge in [-0.3, -0.25) is 14.0 Å². The molecule has 0 fully saturated rings. The van der Waals surface area contributed by atoms with Crippen molar-refractivity contribution in [1.82, 2.24) is 15.1 Å². The third kappa shape index (κ3) is 33.3. The molecular formula is C38H60BBr3Cl2FN3O7. The molecule has 314 valence electrons. The fraction of sp³-hybridized carbons (Fsp3) is 0.447. The molecule has 0 heterocycles. The van der Waals surface area contributed by atoms with Crippen LogP contribution in [0.5, 0.6) is 17.2 Å². The van der Waals surface area contributed by atoms with Gasteiger partial charge in [-0.05, 0) is 95.4 Å². The second-order valence-corrected chi connectivity index (χ2v) is 16.8. The number of phenols is 1. The van der Waals surface area contributed by atoms with Gasteiger partial charge in [0.25, 0.3) is 11.8 Å². The number of hydrogen-bond acceptors (Lipinski definition) is 7. The van der Waals surface area contributed by atoms with Crippen LogP contribution in [0.3, 0.4) is 0 Å². The van der Waals surface area contributed by atoms with Gasteiger partial charge in [-0.2, -0.15) is 0 Å². The molecule has 0 aromatic heterocycles. The van der Waals surface area contributed by atoms with Crippen molar-refractivity contribution >= 4 is 91.4 Å². The number of carbonyl (C=O) groups is 3. The van der Waals surface area contributed by atoms with Crippen LogP contribution < -0.4 is 14.8 Å². The number of phenolic OH excluding ortho intramolecular Hbond substituents is 1. The van der Waals surface area contributed by atoms with Gasteiger partial charge in [-0.15, -0.1) is 70.5 Å². The van der Waals surface area contributed by atoms with Crippen LogP contribution in [0, 0.1) is 0 Å². The highest BCUT2D eigenvalue weighted by Gasteiger charge is 2.13. The zero-order valence-electron chi connectivity index (χ0n) is 33.3. The number of nitrogens with zero attached hydrogens (tertiary/aromatic N) is 2. The first-order valence-electron chi connectivity index (χ1n) is 17.3. The standard InChI is InChI=1S/C12H17NO2.C11H15NO2.C8H8O3.C4H11N.CH2Cl2.CH3F.CH4.BBr3/c1-4-13(5-2)12(14)10-7-6-8-11(9-10)15-3;1-3-12(4-2)11(14)9-6-5-7-10(13)8-9;1-11-7-4-2-3-6(5-7)8(9)10;1-3-5-4-2;2-1-3;1-2;;2-1(3)4/h6-9H,4-5H2,1-3H3;5-8,13H,3-4H2,1-2H3;2-5H,1H3,(H,9,10);5H,3-4H2,1-2H3;1H2;1H3;1H4;/i;;;;;1D;;. The van der Waals surface area contributed by atoms with Gasteiger partial charge in [-0.25, -0.2) is 4.79 Å². The van der Waals surface area contributed by atoms with Gasteiger partial charge in [0, 0.05) is 37.3 Å². The Balaban J connectivity index is -0.000000196. The first-order chi connectivity index (χ1) is 26.1. The molecule has 0 radical (unpaired) electrons. The lowest BCUT2D eigenvalue weighted by Crippen LogP contribution is -2.30. The average Bonchev–Trinajstić information content (AvgIpc) is 3.17. The molecule has 0 aliphatic heterocycles. The first-order valence-corrected chi connectivity index (χ1v) is 20.4. The van der Waals surface area contributed by atoms with Crippen molar-refractivity contribution in [2.24, 2.45) is 0 Å². The molecule has 3 aromatic carbocycles. The number of carboxylic acids is 1. The number of carbonyl (C=O) groups excluding carboxylic acids is 2. The SMILES string of the molecule is BrB(Br)Br.C.CCN(CC)C(=O)c1cccc(O)c1.CCN(CC)C(=O)c1cccc(OC)c1.CCNCC.COc1cccc(C(=O)O)c1.ClCCl.[2H]CF. The number of hydrogen-bond donors (Lipinski definition) is 3. The molecule has 3 aromatic rings. The Bertz CT molecular complexity index is 1400. The topological polar surface area (TPSA) is 129 Å². The quantitative estimate of drug-likeness (QED) is 0.128. The maximum absolute atomic E-state index is 11.9. The highest BCUT2D eigenvalue weighted by Crippen LogP contribution is 2.15. The number of rotatable bonds is 11. The van der Waals surface area contributed by atoms with E-state index in [0.717, 1.165) is 26.2 Å². The Morgan fingerprint density at radius 3 is 1.33 bits per heavy atom. The van der Waals surface area contributed by atoms with Crippen LogP contribution in [0.4, 0.5) is 4.39 Å². The molecule has 55 heavy (non-hydrogen) atoms.